The Kier molecular flexibility index (Phi) is 4.41. The van der Waals surface area contributed by atoms with Crippen LogP contribution in [0.4, 0.5) is 4.79 Å². The van der Waals surface area contributed by atoms with E-state index in [4.69, 9.17) is 15.2 Å². The van der Waals surface area contributed by atoms with Crippen LogP contribution in [-0.4, -0.2) is 43.8 Å². The lowest BCUT2D eigenvalue weighted by atomic mass is 9.89. The summed E-state index contributed by atoms with van der Waals surface area (Å²) in [4.78, 5) is 13.2. The van der Waals surface area contributed by atoms with E-state index in [1.165, 1.54) is 24.9 Å². The molecule has 2 aliphatic heterocycles. The van der Waals surface area contributed by atoms with Crippen LogP contribution in [0.5, 0.6) is 5.75 Å². The predicted molar refractivity (Wildman–Crippen MR) is 79.4 cm³/mol. The molecule has 0 atom stereocenters. The van der Waals surface area contributed by atoms with Gasteiger partial charge in [0.2, 0.25) is 0 Å². The smallest absolute Gasteiger partial charge is 0.409 e. The third-order valence-corrected chi connectivity index (χ3v) is 4.38. The Morgan fingerprint density at radius 1 is 1.24 bits per heavy atom. The molecule has 0 bridgehead atoms. The molecule has 2 heterocycles. The second-order valence-electron chi connectivity index (χ2n) is 5.97. The fraction of sp³-hybridized carbons (Fsp3) is 0.562. The predicted octanol–water partition coefficient (Wildman–Crippen LogP) is 1.97. The Morgan fingerprint density at radius 3 is 2.43 bits per heavy atom. The molecule has 2 aliphatic rings. The van der Waals surface area contributed by atoms with Crippen LogP contribution in [0.3, 0.4) is 0 Å². The highest BCUT2D eigenvalue weighted by Gasteiger charge is 2.25. The number of primary amides is 1. The molecule has 5 heteroatoms. The number of benzene rings is 1. The van der Waals surface area contributed by atoms with E-state index in [1.54, 1.807) is 0 Å². The molecule has 114 valence electrons. The number of hydrogen-bond acceptors (Lipinski definition) is 4. The van der Waals surface area contributed by atoms with Crippen LogP contribution in [0.25, 0.3) is 0 Å². The number of rotatable bonds is 4. The van der Waals surface area contributed by atoms with E-state index in [0.29, 0.717) is 11.7 Å². The van der Waals surface area contributed by atoms with Crippen LogP contribution in [0.2, 0.25) is 0 Å². The van der Waals surface area contributed by atoms with Gasteiger partial charge in [-0.05, 0) is 49.5 Å². The van der Waals surface area contributed by atoms with Crippen molar-refractivity contribution in [2.24, 2.45) is 11.7 Å². The lowest BCUT2D eigenvalue weighted by Gasteiger charge is -2.37. The van der Waals surface area contributed by atoms with E-state index < -0.39 is 6.09 Å². The maximum absolute atomic E-state index is 10.7. The van der Waals surface area contributed by atoms with Crippen molar-refractivity contribution >= 4 is 6.09 Å². The number of likely N-dealkylation sites (tertiary alicyclic amines) is 1. The average Bonchev–Trinajstić information content (AvgIpc) is 2.44. The van der Waals surface area contributed by atoms with Crippen LogP contribution in [0.15, 0.2) is 24.3 Å². The largest absolute Gasteiger partial charge is 0.411 e. The van der Waals surface area contributed by atoms with Crippen LogP contribution in [0, 0.1) is 5.92 Å². The summed E-state index contributed by atoms with van der Waals surface area (Å²) >= 11 is 0. The van der Waals surface area contributed by atoms with E-state index >= 15 is 0 Å². The Hall–Kier alpha value is -1.59. The molecule has 0 unspecified atom stereocenters. The van der Waals surface area contributed by atoms with Gasteiger partial charge in [-0.15, -0.1) is 0 Å². The number of amides is 1. The van der Waals surface area contributed by atoms with Gasteiger partial charge in [-0.25, -0.2) is 4.79 Å². The molecule has 2 N–H and O–H groups in total. The Morgan fingerprint density at radius 2 is 1.90 bits per heavy atom. The zero-order valence-electron chi connectivity index (χ0n) is 12.2. The normalized spacial score (nSPS) is 21.0. The minimum Gasteiger partial charge on any atom is -0.411 e. The summed E-state index contributed by atoms with van der Waals surface area (Å²) < 4.78 is 10.1. The van der Waals surface area contributed by atoms with Crippen molar-refractivity contribution in [2.75, 3.05) is 32.8 Å². The molecule has 0 radical (unpaired) electrons. The molecule has 3 rings (SSSR count). The molecule has 2 fully saturated rings. The minimum absolute atomic E-state index is 0.508. The van der Waals surface area contributed by atoms with Crippen molar-refractivity contribution in [2.45, 2.75) is 18.8 Å². The monoisotopic (exact) mass is 290 g/mol. The number of nitrogens with two attached hydrogens (primary N) is 1. The fourth-order valence-corrected chi connectivity index (χ4v) is 3.13. The highest BCUT2D eigenvalue weighted by molar-refractivity contribution is 5.68. The van der Waals surface area contributed by atoms with Crippen LogP contribution >= 0.6 is 0 Å². The molecule has 0 spiro atoms. The second-order valence-corrected chi connectivity index (χ2v) is 5.97. The molecule has 0 aliphatic carbocycles. The zero-order chi connectivity index (χ0) is 14.7. The third-order valence-electron chi connectivity index (χ3n) is 4.38. The van der Waals surface area contributed by atoms with Gasteiger partial charge in [0, 0.05) is 12.5 Å². The van der Waals surface area contributed by atoms with E-state index in [1.807, 2.05) is 24.3 Å². The molecule has 1 aromatic carbocycles. The van der Waals surface area contributed by atoms with Crippen LogP contribution in [-0.2, 0) is 4.74 Å². The lowest BCUT2D eigenvalue weighted by Crippen LogP contribution is -2.42. The lowest BCUT2D eigenvalue weighted by molar-refractivity contribution is -0.0487. The van der Waals surface area contributed by atoms with Crippen molar-refractivity contribution in [3.05, 3.63) is 29.8 Å². The summed E-state index contributed by atoms with van der Waals surface area (Å²) in [5.41, 5.74) is 6.32. The van der Waals surface area contributed by atoms with Gasteiger partial charge in [-0.2, -0.15) is 0 Å². The molecule has 5 nitrogen and oxygen atoms in total. The average molecular weight is 290 g/mol. The summed E-state index contributed by atoms with van der Waals surface area (Å²) in [5.74, 6) is 1.85. The molecular formula is C16H22N2O3. The van der Waals surface area contributed by atoms with Gasteiger partial charge in [0.1, 0.15) is 5.75 Å². The Bertz CT molecular complexity index is 477. The van der Waals surface area contributed by atoms with E-state index in [0.717, 1.165) is 32.2 Å². The number of carbonyl (C=O) groups is 1. The van der Waals surface area contributed by atoms with Crippen molar-refractivity contribution < 1.29 is 14.3 Å². The fourth-order valence-electron chi connectivity index (χ4n) is 3.13. The first kappa shape index (κ1) is 14.4. The topological polar surface area (TPSA) is 64.8 Å². The molecule has 0 saturated carbocycles. The van der Waals surface area contributed by atoms with Crippen molar-refractivity contribution in [3.63, 3.8) is 0 Å². The summed E-state index contributed by atoms with van der Waals surface area (Å²) in [6.45, 7) is 5.35. The van der Waals surface area contributed by atoms with Gasteiger partial charge in [0.25, 0.3) is 0 Å². The minimum atomic E-state index is -0.768. The van der Waals surface area contributed by atoms with E-state index in [-0.39, 0.29) is 0 Å². The van der Waals surface area contributed by atoms with Crippen molar-refractivity contribution in [3.8, 4) is 5.75 Å². The number of ether oxygens (including phenoxy) is 2. The Labute approximate surface area is 125 Å². The standard InChI is InChI=1S/C16H22N2O3/c17-16(19)21-15-3-1-13(2-4-15)14-5-7-18(8-6-14)9-12-10-20-11-12/h1-4,12,14H,5-11H2,(H2,17,19). The first-order chi connectivity index (χ1) is 10.2. The summed E-state index contributed by atoms with van der Waals surface area (Å²) in [6, 6.07) is 7.72. The summed E-state index contributed by atoms with van der Waals surface area (Å²) in [6.07, 6.45) is 1.60. The molecule has 21 heavy (non-hydrogen) atoms. The quantitative estimate of drug-likeness (QED) is 0.920. The van der Waals surface area contributed by atoms with Gasteiger partial charge in [0.05, 0.1) is 13.2 Å². The van der Waals surface area contributed by atoms with E-state index in [9.17, 15) is 4.79 Å². The van der Waals surface area contributed by atoms with Crippen LogP contribution < -0.4 is 10.5 Å². The maximum Gasteiger partial charge on any atom is 0.409 e. The van der Waals surface area contributed by atoms with Gasteiger partial charge >= 0.3 is 6.09 Å². The molecular weight excluding hydrogens is 268 g/mol. The SMILES string of the molecule is NC(=O)Oc1ccc(C2CCN(CC3COC3)CC2)cc1. The van der Waals surface area contributed by atoms with Gasteiger partial charge in [0.15, 0.2) is 0 Å². The molecule has 0 aromatic heterocycles. The number of nitrogens with zero attached hydrogens (tertiary/aromatic N) is 1. The second kappa shape index (κ2) is 6.45. The third kappa shape index (κ3) is 3.74. The van der Waals surface area contributed by atoms with Gasteiger partial charge in [-0.1, -0.05) is 12.1 Å². The highest BCUT2D eigenvalue weighted by Crippen LogP contribution is 2.29. The van der Waals surface area contributed by atoms with Gasteiger partial charge < -0.3 is 20.1 Å². The zero-order valence-corrected chi connectivity index (χ0v) is 12.2. The molecule has 1 amide bonds. The van der Waals surface area contributed by atoms with Crippen LogP contribution in [0.1, 0.15) is 24.3 Å². The number of hydrogen-bond donors (Lipinski definition) is 1. The first-order valence-electron chi connectivity index (χ1n) is 7.58. The van der Waals surface area contributed by atoms with E-state index in [2.05, 4.69) is 4.90 Å². The van der Waals surface area contributed by atoms with Crippen molar-refractivity contribution in [1.29, 1.82) is 0 Å². The summed E-state index contributed by atoms with van der Waals surface area (Å²) in [7, 11) is 0. The first-order valence-corrected chi connectivity index (χ1v) is 7.58. The molecule has 1 aromatic rings. The maximum atomic E-state index is 10.7. The number of carbonyl (C=O) groups excluding carboxylic acids is 1. The number of piperidine rings is 1. The summed E-state index contributed by atoms with van der Waals surface area (Å²) in [5, 5.41) is 0. The molecule has 2 saturated heterocycles. The highest BCUT2D eigenvalue weighted by atomic mass is 16.5. The van der Waals surface area contributed by atoms with Gasteiger partial charge in [-0.3, -0.25) is 0 Å². The Balaban J connectivity index is 1.50. The van der Waals surface area contributed by atoms with Crippen molar-refractivity contribution in [1.82, 2.24) is 4.90 Å².